The van der Waals surface area contributed by atoms with Crippen LogP contribution in [0.5, 0.6) is 5.75 Å². The number of sulfonamides is 1. The second-order valence-corrected chi connectivity index (χ2v) is 9.95. The molecule has 0 saturated carbocycles. The van der Waals surface area contributed by atoms with E-state index in [2.05, 4.69) is 0 Å². The Bertz CT molecular complexity index is 883. The Balaban J connectivity index is 1.51. The number of ether oxygens (including phenoxy) is 1. The number of hydrogen-bond acceptors (Lipinski definition) is 5. The lowest BCUT2D eigenvalue weighted by molar-refractivity contribution is -0.132. The summed E-state index contributed by atoms with van der Waals surface area (Å²) in [6.07, 6.45) is 1.08. The van der Waals surface area contributed by atoms with Crippen molar-refractivity contribution in [2.45, 2.75) is 24.0 Å². The number of piperazine rings is 1. The molecule has 0 aliphatic carbocycles. The van der Waals surface area contributed by atoms with Crippen LogP contribution in [0.3, 0.4) is 0 Å². The van der Waals surface area contributed by atoms with Gasteiger partial charge in [-0.25, -0.2) is 8.42 Å². The molecule has 0 atom stereocenters. The van der Waals surface area contributed by atoms with Crippen molar-refractivity contribution in [1.82, 2.24) is 9.21 Å². The van der Waals surface area contributed by atoms with E-state index in [1.165, 1.54) is 15.6 Å². The number of benzene rings is 1. The van der Waals surface area contributed by atoms with E-state index in [0.717, 1.165) is 16.2 Å². The molecule has 146 valence electrons. The molecule has 1 aromatic heterocycles. The number of rotatable bonds is 6. The molecule has 1 aliphatic heterocycles. The van der Waals surface area contributed by atoms with Gasteiger partial charge in [-0.05, 0) is 43.2 Å². The molecule has 2 heterocycles. The van der Waals surface area contributed by atoms with Gasteiger partial charge in [0.2, 0.25) is 5.91 Å². The van der Waals surface area contributed by atoms with Gasteiger partial charge >= 0.3 is 0 Å². The molecular weight excluding hydrogens is 384 g/mol. The van der Waals surface area contributed by atoms with Crippen LogP contribution >= 0.6 is 11.3 Å². The predicted molar refractivity (Wildman–Crippen MR) is 106 cm³/mol. The summed E-state index contributed by atoms with van der Waals surface area (Å²) < 4.78 is 32.3. The van der Waals surface area contributed by atoms with Gasteiger partial charge in [-0.15, -0.1) is 11.3 Å². The molecule has 0 N–H and O–H groups in total. The Labute approximate surface area is 164 Å². The summed E-state index contributed by atoms with van der Waals surface area (Å²) in [5.41, 5.74) is 1.08. The Morgan fingerprint density at radius 2 is 1.74 bits per heavy atom. The van der Waals surface area contributed by atoms with Crippen molar-refractivity contribution in [1.29, 1.82) is 0 Å². The van der Waals surface area contributed by atoms with Crippen molar-refractivity contribution in [2.75, 3.05) is 33.3 Å². The molecule has 1 aromatic carbocycles. The fourth-order valence-corrected chi connectivity index (χ4v) is 5.92. The lowest BCUT2D eigenvalue weighted by Crippen LogP contribution is -2.50. The van der Waals surface area contributed by atoms with Crippen LogP contribution in [0.25, 0.3) is 0 Å². The zero-order valence-electron chi connectivity index (χ0n) is 15.6. The molecule has 0 unspecified atom stereocenters. The van der Waals surface area contributed by atoms with E-state index in [0.29, 0.717) is 43.2 Å². The average molecular weight is 409 g/mol. The van der Waals surface area contributed by atoms with Crippen molar-refractivity contribution in [3.63, 3.8) is 0 Å². The smallest absolute Gasteiger partial charge is 0.252 e. The zero-order chi connectivity index (χ0) is 19.4. The first kappa shape index (κ1) is 19.9. The maximum Gasteiger partial charge on any atom is 0.252 e. The summed E-state index contributed by atoms with van der Waals surface area (Å²) in [4.78, 5) is 15.2. The van der Waals surface area contributed by atoms with Gasteiger partial charge in [0.15, 0.2) is 0 Å². The third kappa shape index (κ3) is 4.69. The van der Waals surface area contributed by atoms with Crippen LogP contribution in [0.2, 0.25) is 0 Å². The lowest BCUT2D eigenvalue weighted by Gasteiger charge is -2.33. The molecule has 2 aromatic rings. The largest absolute Gasteiger partial charge is 0.497 e. The maximum atomic E-state index is 12.7. The molecular formula is C19H24N2O4S2. The van der Waals surface area contributed by atoms with Crippen molar-refractivity contribution >= 4 is 27.3 Å². The summed E-state index contributed by atoms with van der Waals surface area (Å²) in [6, 6.07) is 11.2. The van der Waals surface area contributed by atoms with E-state index in [9.17, 15) is 13.2 Å². The van der Waals surface area contributed by atoms with E-state index in [1.807, 2.05) is 37.3 Å². The van der Waals surface area contributed by atoms with Crippen molar-refractivity contribution in [2.24, 2.45) is 0 Å². The van der Waals surface area contributed by atoms with Gasteiger partial charge < -0.3 is 9.64 Å². The minimum atomic E-state index is -3.45. The Morgan fingerprint density at radius 1 is 1.07 bits per heavy atom. The van der Waals surface area contributed by atoms with Crippen molar-refractivity contribution < 1.29 is 17.9 Å². The van der Waals surface area contributed by atoms with Gasteiger partial charge in [0.25, 0.3) is 10.0 Å². The van der Waals surface area contributed by atoms with E-state index < -0.39 is 10.0 Å². The molecule has 1 saturated heterocycles. The van der Waals surface area contributed by atoms with Gasteiger partial charge in [-0.3, -0.25) is 4.79 Å². The highest BCUT2D eigenvalue weighted by atomic mass is 32.2. The number of methoxy groups -OCH3 is 1. The van der Waals surface area contributed by atoms with Gasteiger partial charge in [0.1, 0.15) is 9.96 Å². The first-order valence-electron chi connectivity index (χ1n) is 8.87. The summed E-state index contributed by atoms with van der Waals surface area (Å²) in [5, 5.41) is 0. The predicted octanol–water partition coefficient (Wildman–Crippen LogP) is 2.53. The molecule has 0 radical (unpaired) electrons. The highest BCUT2D eigenvalue weighted by Crippen LogP contribution is 2.25. The van der Waals surface area contributed by atoms with Gasteiger partial charge in [0.05, 0.1) is 7.11 Å². The molecule has 0 bridgehead atoms. The number of carbonyl (C=O) groups is 1. The van der Waals surface area contributed by atoms with Crippen LogP contribution in [0.4, 0.5) is 0 Å². The molecule has 1 amide bonds. The molecule has 1 fully saturated rings. The molecule has 27 heavy (non-hydrogen) atoms. The lowest BCUT2D eigenvalue weighted by atomic mass is 10.1. The monoisotopic (exact) mass is 408 g/mol. The highest BCUT2D eigenvalue weighted by molar-refractivity contribution is 7.91. The highest BCUT2D eigenvalue weighted by Gasteiger charge is 2.30. The summed E-state index contributed by atoms with van der Waals surface area (Å²) in [7, 11) is -1.83. The Morgan fingerprint density at radius 3 is 2.30 bits per heavy atom. The number of hydrogen-bond donors (Lipinski definition) is 0. The number of nitrogens with zero attached hydrogens (tertiary/aromatic N) is 2. The second-order valence-electron chi connectivity index (χ2n) is 6.50. The Hall–Kier alpha value is -1.90. The first-order valence-corrected chi connectivity index (χ1v) is 11.1. The van der Waals surface area contributed by atoms with Gasteiger partial charge in [-0.1, -0.05) is 12.1 Å². The SMILES string of the molecule is COc1ccc(CCC(=O)N2CCN(S(=O)(=O)c3ccc(C)s3)CC2)cc1. The fourth-order valence-electron chi connectivity index (χ4n) is 3.06. The van der Waals surface area contributed by atoms with Crippen LogP contribution < -0.4 is 4.74 Å². The molecule has 0 spiro atoms. The average Bonchev–Trinajstić information content (AvgIpc) is 3.14. The number of carbonyl (C=O) groups excluding carboxylic acids is 1. The van der Waals surface area contributed by atoms with Crippen LogP contribution in [0, 0.1) is 6.92 Å². The normalized spacial score (nSPS) is 15.7. The minimum absolute atomic E-state index is 0.0647. The fraction of sp³-hybridized carbons (Fsp3) is 0.421. The second kappa shape index (κ2) is 8.41. The van der Waals surface area contributed by atoms with Crippen LogP contribution in [-0.4, -0.2) is 56.8 Å². The maximum absolute atomic E-state index is 12.7. The van der Waals surface area contributed by atoms with Crippen LogP contribution in [0.15, 0.2) is 40.6 Å². The summed E-state index contributed by atoms with van der Waals surface area (Å²) in [5.74, 6) is 0.859. The number of aryl methyl sites for hydroxylation is 2. The zero-order valence-corrected chi connectivity index (χ0v) is 17.2. The molecule has 1 aliphatic rings. The van der Waals surface area contributed by atoms with Gasteiger partial charge in [-0.2, -0.15) is 4.31 Å². The van der Waals surface area contributed by atoms with Crippen molar-refractivity contribution in [3.8, 4) is 5.75 Å². The van der Waals surface area contributed by atoms with E-state index in [1.54, 1.807) is 18.1 Å². The standard InChI is InChI=1S/C19H24N2O4S2/c1-15-3-10-19(26-15)27(23,24)21-13-11-20(12-14-21)18(22)9-6-16-4-7-17(25-2)8-5-16/h3-5,7-8,10H,6,9,11-14H2,1-2H3. The summed E-state index contributed by atoms with van der Waals surface area (Å²) in [6.45, 7) is 3.44. The third-order valence-electron chi connectivity index (χ3n) is 4.69. The van der Waals surface area contributed by atoms with E-state index in [4.69, 9.17) is 4.74 Å². The van der Waals surface area contributed by atoms with E-state index >= 15 is 0 Å². The molecule has 3 rings (SSSR count). The first-order chi connectivity index (χ1) is 12.9. The minimum Gasteiger partial charge on any atom is -0.497 e. The number of thiophene rings is 1. The molecule has 6 nitrogen and oxygen atoms in total. The third-order valence-corrected chi connectivity index (χ3v) is 8.05. The van der Waals surface area contributed by atoms with Gasteiger partial charge in [0, 0.05) is 37.5 Å². The quantitative estimate of drug-likeness (QED) is 0.737. The number of amides is 1. The topological polar surface area (TPSA) is 66.9 Å². The molecule has 8 heteroatoms. The summed E-state index contributed by atoms with van der Waals surface area (Å²) >= 11 is 1.28. The van der Waals surface area contributed by atoms with Crippen LogP contribution in [-0.2, 0) is 21.2 Å². The Kier molecular flexibility index (Phi) is 6.18. The van der Waals surface area contributed by atoms with E-state index in [-0.39, 0.29) is 5.91 Å². The van der Waals surface area contributed by atoms with Crippen molar-refractivity contribution in [3.05, 3.63) is 46.8 Å². The van der Waals surface area contributed by atoms with Crippen LogP contribution in [0.1, 0.15) is 16.9 Å².